The zero-order valence-corrected chi connectivity index (χ0v) is 6.69. The van der Waals surface area contributed by atoms with E-state index in [4.69, 9.17) is 11.5 Å². The summed E-state index contributed by atoms with van der Waals surface area (Å²) in [5.74, 6) is 0.830. The van der Waals surface area contributed by atoms with E-state index in [1.165, 1.54) is 6.20 Å². The first kappa shape index (κ1) is 8.61. The van der Waals surface area contributed by atoms with E-state index in [0.29, 0.717) is 17.7 Å². The van der Waals surface area contributed by atoms with E-state index in [2.05, 4.69) is 9.97 Å². The van der Waals surface area contributed by atoms with Crippen LogP contribution in [-0.4, -0.2) is 16.3 Å². The Morgan fingerprint density at radius 2 is 2.33 bits per heavy atom. The maximum atomic E-state index is 10.3. The number of nitrogens with zero attached hydrogens (tertiary/aromatic N) is 2. The van der Waals surface area contributed by atoms with Crippen LogP contribution in [-0.2, 0) is 4.79 Å². The van der Waals surface area contributed by atoms with E-state index < -0.39 is 6.04 Å². The number of hydrogen-bond donors (Lipinski definition) is 2. The predicted octanol–water partition coefficient (Wildman–Crippen LogP) is -0.434. The highest BCUT2D eigenvalue weighted by atomic mass is 16.1. The van der Waals surface area contributed by atoms with Crippen LogP contribution < -0.4 is 11.5 Å². The van der Waals surface area contributed by atoms with E-state index in [-0.39, 0.29) is 5.82 Å². The van der Waals surface area contributed by atoms with Crippen molar-refractivity contribution < 1.29 is 4.79 Å². The summed E-state index contributed by atoms with van der Waals surface area (Å²) >= 11 is 0. The molecular formula is C7H10N4O. The molecule has 1 heterocycles. The van der Waals surface area contributed by atoms with Gasteiger partial charge in [-0.2, -0.15) is 0 Å². The Kier molecular flexibility index (Phi) is 2.35. The summed E-state index contributed by atoms with van der Waals surface area (Å²) < 4.78 is 0. The van der Waals surface area contributed by atoms with Gasteiger partial charge in [-0.3, -0.25) is 0 Å². The summed E-state index contributed by atoms with van der Waals surface area (Å²) in [6.07, 6.45) is 2.07. The molecule has 5 nitrogen and oxygen atoms in total. The molecule has 1 aromatic heterocycles. The number of anilines is 1. The van der Waals surface area contributed by atoms with Crippen molar-refractivity contribution in [2.75, 3.05) is 5.73 Å². The highest BCUT2D eigenvalue weighted by Gasteiger charge is 2.09. The van der Waals surface area contributed by atoms with Gasteiger partial charge in [0.1, 0.15) is 17.9 Å². The van der Waals surface area contributed by atoms with Gasteiger partial charge in [-0.25, -0.2) is 9.97 Å². The van der Waals surface area contributed by atoms with E-state index in [1.807, 2.05) is 0 Å². The fourth-order valence-electron chi connectivity index (χ4n) is 0.827. The SMILES string of the molecule is Cc1ncc(C(N)C=O)c(N)n1. The number of aldehydes is 1. The molecule has 0 amide bonds. The summed E-state index contributed by atoms with van der Waals surface area (Å²) in [4.78, 5) is 18.1. The number of carbonyl (C=O) groups excluding carboxylic acids is 1. The lowest BCUT2D eigenvalue weighted by molar-refractivity contribution is -0.109. The number of carbonyl (C=O) groups is 1. The molecule has 12 heavy (non-hydrogen) atoms. The first-order chi connectivity index (χ1) is 5.65. The first-order valence-electron chi connectivity index (χ1n) is 3.45. The predicted molar refractivity (Wildman–Crippen MR) is 44.2 cm³/mol. The van der Waals surface area contributed by atoms with E-state index in [1.54, 1.807) is 6.92 Å². The van der Waals surface area contributed by atoms with Crippen LogP contribution in [0.4, 0.5) is 5.82 Å². The summed E-state index contributed by atoms with van der Waals surface area (Å²) in [6.45, 7) is 1.71. The van der Waals surface area contributed by atoms with Crippen LogP contribution in [0.5, 0.6) is 0 Å². The standard InChI is InChI=1S/C7H10N4O/c1-4-10-2-5(6(8)3-12)7(9)11-4/h2-3,6H,8H2,1H3,(H2,9,10,11). The highest BCUT2D eigenvalue weighted by molar-refractivity contribution is 5.64. The fraction of sp³-hybridized carbons (Fsp3) is 0.286. The zero-order chi connectivity index (χ0) is 9.14. The molecule has 0 aliphatic carbocycles. The number of aryl methyl sites for hydroxylation is 1. The maximum absolute atomic E-state index is 10.3. The van der Waals surface area contributed by atoms with Gasteiger partial charge >= 0.3 is 0 Å². The highest BCUT2D eigenvalue weighted by Crippen LogP contribution is 2.12. The second kappa shape index (κ2) is 3.27. The number of nitrogen functional groups attached to an aromatic ring is 1. The smallest absolute Gasteiger partial charge is 0.141 e. The molecule has 0 radical (unpaired) electrons. The van der Waals surface area contributed by atoms with Crippen molar-refractivity contribution in [2.45, 2.75) is 13.0 Å². The van der Waals surface area contributed by atoms with Crippen molar-refractivity contribution in [3.8, 4) is 0 Å². The number of nitrogens with two attached hydrogens (primary N) is 2. The van der Waals surface area contributed by atoms with E-state index >= 15 is 0 Å². The topological polar surface area (TPSA) is 94.9 Å². The number of aromatic nitrogens is 2. The molecule has 4 N–H and O–H groups in total. The minimum Gasteiger partial charge on any atom is -0.383 e. The molecule has 1 unspecified atom stereocenters. The second-order valence-corrected chi connectivity index (χ2v) is 2.42. The summed E-state index contributed by atoms with van der Waals surface area (Å²) in [5.41, 5.74) is 11.4. The monoisotopic (exact) mass is 166 g/mol. The lowest BCUT2D eigenvalue weighted by Crippen LogP contribution is -2.15. The van der Waals surface area contributed by atoms with Gasteiger partial charge in [0.25, 0.3) is 0 Å². The minimum atomic E-state index is -0.731. The molecule has 1 atom stereocenters. The Morgan fingerprint density at radius 3 is 2.83 bits per heavy atom. The third-order valence-corrected chi connectivity index (χ3v) is 1.47. The zero-order valence-electron chi connectivity index (χ0n) is 6.69. The van der Waals surface area contributed by atoms with Gasteiger partial charge in [-0.15, -0.1) is 0 Å². The molecule has 5 heteroatoms. The van der Waals surface area contributed by atoms with Gasteiger partial charge in [0.2, 0.25) is 0 Å². The Bertz CT molecular complexity index is 299. The first-order valence-corrected chi connectivity index (χ1v) is 3.45. The van der Waals surface area contributed by atoms with Gasteiger partial charge in [0.15, 0.2) is 0 Å². The van der Waals surface area contributed by atoms with Crippen LogP contribution >= 0.6 is 0 Å². The molecule has 0 fully saturated rings. The van der Waals surface area contributed by atoms with Crippen LogP contribution in [0.25, 0.3) is 0 Å². The van der Waals surface area contributed by atoms with Gasteiger partial charge in [-0.1, -0.05) is 0 Å². The van der Waals surface area contributed by atoms with Crippen molar-refractivity contribution in [3.63, 3.8) is 0 Å². The van der Waals surface area contributed by atoms with Crippen LogP contribution in [0.1, 0.15) is 17.4 Å². The number of hydrogen-bond acceptors (Lipinski definition) is 5. The normalized spacial score (nSPS) is 12.5. The maximum Gasteiger partial charge on any atom is 0.141 e. The molecule has 0 bridgehead atoms. The van der Waals surface area contributed by atoms with Crippen molar-refractivity contribution in [2.24, 2.45) is 5.73 Å². The summed E-state index contributed by atoms with van der Waals surface area (Å²) in [6, 6.07) is -0.731. The van der Waals surface area contributed by atoms with Crippen LogP contribution in [0.2, 0.25) is 0 Å². The van der Waals surface area contributed by atoms with E-state index in [9.17, 15) is 4.79 Å². The van der Waals surface area contributed by atoms with Gasteiger partial charge in [0.05, 0.1) is 6.04 Å². The molecule has 0 aliphatic rings. The van der Waals surface area contributed by atoms with Gasteiger partial charge < -0.3 is 16.3 Å². The Labute approximate surface area is 69.8 Å². The largest absolute Gasteiger partial charge is 0.383 e. The lowest BCUT2D eigenvalue weighted by Gasteiger charge is -2.06. The Hall–Kier alpha value is -1.49. The third kappa shape index (κ3) is 1.57. The average molecular weight is 166 g/mol. The van der Waals surface area contributed by atoms with Crippen LogP contribution in [0.15, 0.2) is 6.20 Å². The van der Waals surface area contributed by atoms with Crippen LogP contribution in [0.3, 0.4) is 0 Å². The summed E-state index contributed by atoms with van der Waals surface area (Å²) in [5, 5.41) is 0. The van der Waals surface area contributed by atoms with Crippen molar-refractivity contribution in [1.82, 2.24) is 9.97 Å². The molecule has 0 aromatic carbocycles. The van der Waals surface area contributed by atoms with Crippen molar-refractivity contribution in [3.05, 3.63) is 17.6 Å². The van der Waals surface area contributed by atoms with E-state index in [0.717, 1.165) is 0 Å². The second-order valence-electron chi connectivity index (χ2n) is 2.42. The molecule has 64 valence electrons. The lowest BCUT2D eigenvalue weighted by atomic mass is 10.2. The van der Waals surface area contributed by atoms with Gasteiger partial charge in [0, 0.05) is 11.8 Å². The molecule has 0 spiro atoms. The van der Waals surface area contributed by atoms with Crippen LogP contribution in [0, 0.1) is 6.92 Å². The Balaban J connectivity index is 3.09. The molecule has 0 saturated carbocycles. The molecule has 1 aromatic rings. The number of rotatable bonds is 2. The fourth-order valence-corrected chi connectivity index (χ4v) is 0.827. The molecule has 0 saturated heterocycles. The quantitative estimate of drug-likeness (QED) is 0.581. The van der Waals surface area contributed by atoms with Gasteiger partial charge in [-0.05, 0) is 6.92 Å². The summed E-state index contributed by atoms with van der Waals surface area (Å²) in [7, 11) is 0. The average Bonchev–Trinajstić information content (AvgIpc) is 2.03. The van der Waals surface area contributed by atoms with Crippen molar-refractivity contribution in [1.29, 1.82) is 0 Å². The minimum absolute atomic E-state index is 0.266. The van der Waals surface area contributed by atoms with Crippen molar-refractivity contribution >= 4 is 12.1 Å². The third-order valence-electron chi connectivity index (χ3n) is 1.47. The molecule has 1 rings (SSSR count). The molecule has 0 aliphatic heterocycles. The molecular weight excluding hydrogens is 156 g/mol. The Morgan fingerprint density at radius 1 is 1.67 bits per heavy atom.